The van der Waals surface area contributed by atoms with E-state index in [9.17, 15) is 0 Å². The van der Waals surface area contributed by atoms with Crippen molar-refractivity contribution < 1.29 is 0 Å². The van der Waals surface area contributed by atoms with Crippen LogP contribution in [0.4, 0.5) is 0 Å². The van der Waals surface area contributed by atoms with Crippen LogP contribution < -0.4 is 0 Å². The van der Waals surface area contributed by atoms with Crippen LogP contribution in [0.3, 0.4) is 0 Å². The van der Waals surface area contributed by atoms with Gasteiger partial charge < -0.3 is 0 Å². The van der Waals surface area contributed by atoms with Gasteiger partial charge in [-0.05, 0) is 24.5 Å². The van der Waals surface area contributed by atoms with Gasteiger partial charge in [0.1, 0.15) is 0 Å². The van der Waals surface area contributed by atoms with Gasteiger partial charge in [-0.15, -0.1) is 11.8 Å². The molecule has 2 rings (SSSR count). The van der Waals surface area contributed by atoms with Gasteiger partial charge in [-0.2, -0.15) is 0 Å². The van der Waals surface area contributed by atoms with Gasteiger partial charge in [0.2, 0.25) is 0 Å². The topological polar surface area (TPSA) is 12.9 Å². The Balaban J connectivity index is 2.81. The Morgan fingerprint density at radius 1 is 1.14 bits per heavy atom. The molecule has 0 spiro atoms. The molecule has 0 saturated heterocycles. The highest BCUT2D eigenvalue weighted by molar-refractivity contribution is 7.98. The summed E-state index contributed by atoms with van der Waals surface area (Å²) in [6, 6.07) is 5.65. The van der Waals surface area contributed by atoms with Crippen LogP contribution in [0.5, 0.6) is 0 Å². The van der Waals surface area contributed by atoms with E-state index in [1.165, 1.54) is 0 Å². The second-order valence-corrected chi connectivity index (χ2v) is 4.55. The Hall–Kier alpha value is -0.440. The van der Waals surface area contributed by atoms with E-state index in [1.54, 1.807) is 18.0 Å². The first-order chi connectivity index (χ1) is 6.70. The van der Waals surface area contributed by atoms with E-state index in [2.05, 4.69) is 4.98 Å². The largest absolute Gasteiger partial charge is 0.254 e. The third kappa shape index (κ3) is 1.83. The molecule has 1 nitrogen and oxygen atoms in total. The first-order valence-electron chi connectivity index (χ1n) is 3.99. The van der Waals surface area contributed by atoms with Crippen molar-refractivity contribution >= 4 is 45.9 Å². The summed E-state index contributed by atoms with van der Waals surface area (Å²) < 4.78 is 0. The minimum Gasteiger partial charge on any atom is -0.254 e. The standard InChI is InChI=1S/C10H7Cl2NS/c1-14-9-4-7(11)2-6-3-8(12)5-13-10(6)9/h2-5H,1H3. The van der Waals surface area contributed by atoms with Crippen molar-refractivity contribution in [2.24, 2.45) is 0 Å². The summed E-state index contributed by atoms with van der Waals surface area (Å²) in [6.45, 7) is 0. The van der Waals surface area contributed by atoms with Crippen molar-refractivity contribution in [2.45, 2.75) is 4.90 Å². The SMILES string of the molecule is CSc1cc(Cl)cc2cc(Cl)cnc12. The highest BCUT2D eigenvalue weighted by atomic mass is 35.5. The average Bonchev–Trinajstić information content (AvgIpc) is 2.15. The molecule has 72 valence electrons. The fourth-order valence-corrected chi connectivity index (χ4v) is 2.38. The van der Waals surface area contributed by atoms with Crippen molar-refractivity contribution in [3.8, 4) is 0 Å². The lowest BCUT2D eigenvalue weighted by Gasteiger charge is -2.03. The number of benzene rings is 1. The van der Waals surface area contributed by atoms with E-state index in [0.29, 0.717) is 10.0 Å². The lowest BCUT2D eigenvalue weighted by Crippen LogP contribution is -1.82. The molecule has 0 N–H and O–H groups in total. The lowest BCUT2D eigenvalue weighted by molar-refractivity contribution is 1.35. The molecule has 0 radical (unpaired) electrons. The highest BCUT2D eigenvalue weighted by Crippen LogP contribution is 2.29. The Kier molecular flexibility index (Phi) is 2.86. The average molecular weight is 244 g/mol. The summed E-state index contributed by atoms with van der Waals surface area (Å²) in [4.78, 5) is 5.35. The Morgan fingerprint density at radius 2 is 1.86 bits per heavy atom. The lowest BCUT2D eigenvalue weighted by atomic mass is 10.2. The minimum absolute atomic E-state index is 0.631. The van der Waals surface area contributed by atoms with E-state index >= 15 is 0 Å². The molecule has 0 unspecified atom stereocenters. The maximum atomic E-state index is 5.97. The number of rotatable bonds is 1. The molecule has 0 aliphatic rings. The Labute approximate surface area is 96.4 Å². The smallest absolute Gasteiger partial charge is 0.0839 e. The van der Waals surface area contributed by atoms with Crippen LogP contribution in [0.1, 0.15) is 0 Å². The summed E-state index contributed by atoms with van der Waals surface area (Å²) in [5.74, 6) is 0. The predicted octanol–water partition coefficient (Wildman–Crippen LogP) is 4.26. The minimum atomic E-state index is 0.631. The van der Waals surface area contributed by atoms with Gasteiger partial charge >= 0.3 is 0 Å². The van der Waals surface area contributed by atoms with Gasteiger partial charge in [0, 0.05) is 21.5 Å². The molecule has 4 heteroatoms. The second kappa shape index (κ2) is 3.97. The molecule has 1 aromatic carbocycles. The van der Waals surface area contributed by atoms with Gasteiger partial charge in [0.25, 0.3) is 0 Å². The highest BCUT2D eigenvalue weighted by Gasteiger charge is 2.04. The van der Waals surface area contributed by atoms with E-state index < -0.39 is 0 Å². The van der Waals surface area contributed by atoms with Gasteiger partial charge in [0.15, 0.2) is 0 Å². The van der Waals surface area contributed by atoms with Gasteiger partial charge in [-0.3, -0.25) is 4.98 Å². The number of hydrogen-bond acceptors (Lipinski definition) is 2. The molecule has 0 fully saturated rings. The van der Waals surface area contributed by atoms with Crippen molar-refractivity contribution in [3.05, 3.63) is 34.4 Å². The molecular weight excluding hydrogens is 237 g/mol. The van der Waals surface area contributed by atoms with Crippen LogP contribution in [0, 0.1) is 0 Å². The normalized spacial score (nSPS) is 10.8. The second-order valence-electron chi connectivity index (χ2n) is 2.83. The monoisotopic (exact) mass is 243 g/mol. The van der Waals surface area contributed by atoms with E-state index in [-0.39, 0.29) is 0 Å². The predicted molar refractivity (Wildman–Crippen MR) is 63.5 cm³/mol. The van der Waals surface area contributed by atoms with Crippen molar-refractivity contribution in [2.75, 3.05) is 6.26 Å². The molecule has 0 aliphatic carbocycles. The maximum Gasteiger partial charge on any atom is 0.0839 e. The number of aromatic nitrogens is 1. The summed E-state index contributed by atoms with van der Waals surface area (Å²) in [5, 5.41) is 2.33. The summed E-state index contributed by atoms with van der Waals surface area (Å²) in [6.07, 6.45) is 3.65. The quantitative estimate of drug-likeness (QED) is 0.695. The molecule has 2 aromatic rings. The first kappa shape index (κ1) is 10.1. The number of halogens is 2. The fourth-order valence-electron chi connectivity index (χ4n) is 1.31. The van der Waals surface area contributed by atoms with Crippen LogP contribution >= 0.6 is 35.0 Å². The van der Waals surface area contributed by atoms with E-state index in [1.807, 2.05) is 24.5 Å². The molecule has 14 heavy (non-hydrogen) atoms. The summed E-state index contributed by atoms with van der Waals surface area (Å²) >= 11 is 13.5. The van der Waals surface area contributed by atoms with Crippen molar-refractivity contribution in [3.63, 3.8) is 0 Å². The molecule has 1 heterocycles. The van der Waals surface area contributed by atoms with Crippen LogP contribution in [-0.2, 0) is 0 Å². The number of thioether (sulfide) groups is 1. The number of nitrogens with zero attached hydrogens (tertiary/aromatic N) is 1. The Morgan fingerprint density at radius 3 is 2.57 bits per heavy atom. The summed E-state index contributed by atoms with van der Waals surface area (Å²) in [7, 11) is 0. The third-order valence-corrected chi connectivity index (χ3v) is 3.08. The molecule has 0 saturated carbocycles. The maximum absolute atomic E-state index is 5.97. The van der Waals surface area contributed by atoms with Crippen molar-refractivity contribution in [1.29, 1.82) is 0 Å². The molecule has 0 atom stereocenters. The number of hydrogen-bond donors (Lipinski definition) is 0. The molecule has 0 bridgehead atoms. The van der Waals surface area contributed by atoms with Gasteiger partial charge in [0.05, 0.1) is 10.5 Å². The van der Waals surface area contributed by atoms with E-state index in [0.717, 1.165) is 15.8 Å². The fraction of sp³-hybridized carbons (Fsp3) is 0.100. The van der Waals surface area contributed by atoms with Crippen LogP contribution in [0.2, 0.25) is 10.0 Å². The molecule has 0 aliphatic heterocycles. The van der Waals surface area contributed by atoms with Gasteiger partial charge in [-0.1, -0.05) is 23.2 Å². The first-order valence-corrected chi connectivity index (χ1v) is 5.97. The van der Waals surface area contributed by atoms with Crippen LogP contribution in [0.15, 0.2) is 29.3 Å². The Bertz CT molecular complexity index is 480. The molecule has 1 aromatic heterocycles. The number of fused-ring (bicyclic) bond motifs is 1. The van der Waals surface area contributed by atoms with Crippen LogP contribution in [0.25, 0.3) is 10.9 Å². The molecular formula is C10H7Cl2NS. The summed E-state index contributed by atoms with van der Waals surface area (Å²) in [5.41, 5.74) is 0.950. The zero-order chi connectivity index (χ0) is 10.1. The third-order valence-electron chi connectivity index (χ3n) is 1.90. The number of pyridine rings is 1. The zero-order valence-corrected chi connectivity index (χ0v) is 9.75. The zero-order valence-electron chi connectivity index (χ0n) is 7.42. The van der Waals surface area contributed by atoms with E-state index in [4.69, 9.17) is 23.2 Å². The van der Waals surface area contributed by atoms with Gasteiger partial charge in [-0.25, -0.2) is 0 Å². The van der Waals surface area contributed by atoms with Crippen molar-refractivity contribution in [1.82, 2.24) is 4.98 Å². The van der Waals surface area contributed by atoms with Crippen LogP contribution in [-0.4, -0.2) is 11.2 Å². The molecule has 0 amide bonds.